The predicted molar refractivity (Wildman–Crippen MR) is 94.0 cm³/mol. The molecule has 0 saturated heterocycles. The minimum Gasteiger partial charge on any atom is -0.491 e. The highest BCUT2D eigenvalue weighted by Crippen LogP contribution is 2.31. The predicted octanol–water partition coefficient (Wildman–Crippen LogP) is 2.19. The summed E-state index contributed by atoms with van der Waals surface area (Å²) in [5, 5.41) is 4.36. The summed E-state index contributed by atoms with van der Waals surface area (Å²) >= 11 is 0. The Balaban J connectivity index is 1.63. The van der Waals surface area contributed by atoms with Gasteiger partial charge >= 0.3 is 5.97 Å². The van der Waals surface area contributed by atoms with Crippen molar-refractivity contribution >= 4 is 5.97 Å². The molecule has 0 unspecified atom stereocenters. The van der Waals surface area contributed by atoms with Gasteiger partial charge < -0.3 is 9.47 Å². The monoisotopic (exact) mass is 350 g/mol. The van der Waals surface area contributed by atoms with Crippen LogP contribution in [0.5, 0.6) is 5.75 Å². The van der Waals surface area contributed by atoms with Gasteiger partial charge in [-0.2, -0.15) is 5.10 Å². The number of aryl methyl sites for hydroxylation is 1. The van der Waals surface area contributed by atoms with Crippen LogP contribution in [0.1, 0.15) is 27.3 Å². The third kappa shape index (κ3) is 3.03. The zero-order valence-corrected chi connectivity index (χ0v) is 14.6. The fraction of sp³-hybridized carbons (Fsp3) is 0.263. The summed E-state index contributed by atoms with van der Waals surface area (Å²) in [5.74, 6) is 0.330. The molecular formula is C19H18N4O3. The van der Waals surface area contributed by atoms with E-state index in [1.165, 1.54) is 7.11 Å². The van der Waals surface area contributed by atoms with Gasteiger partial charge in [-0.3, -0.25) is 9.67 Å². The molecule has 3 aromatic rings. The van der Waals surface area contributed by atoms with Crippen molar-refractivity contribution < 1.29 is 14.3 Å². The number of ether oxygens (including phenoxy) is 2. The van der Waals surface area contributed by atoms with E-state index in [0.717, 1.165) is 34.0 Å². The summed E-state index contributed by atoms with van der Waals surface area (Å²) in [5.41, 5.74) is 4.71. The summed E-state index contributed by atoms with van der Waals surface area (Å²) in [6, 6.07) is 7.62. The van der Waals surface area contributed by atoms with Crippen LogP contribution in [0.3, 0.4) is 0 Å². The van der Waals surface area contributed by atoms with Crippen molar-refractivity contribution in [3.63, 3.8) is 0 Å². The third-order valence-electron chi connectivity index (χ3n) is 4.30. The fourth-order valence-corrected chi connectivity index (χ4v) is 3.03. The minimum absolute atomic E-state index is 0.310. The Hall–Kier alpha value is -3.22. The zero-order valence-electron chi connectivity index (χ0n) is 14.6. The van der Waals surface area contributed by atoms with E-state index < -0.39 is 5.97 Å². The lowest BCUT2D eigenvalue weighted by Gasteiger charge is -2.10. The second kappa shape index (κ2) is 6.59. The largest absolute Gasteiger partial charge is 0.491 e. The Morgan fingerprint density at radius 3 is 2.88 bits per heavy atom. The molecule has 0 spiro atoms. The maximum atomic E-state index is 11.9. The van der Waals surface area contributed by atoms with E-state index in [0.29, 0.717) is 25.1 Å². The van der Waals surface area contributed by atoms with Crippen molar-refractivity contribution in [3.8, 4) is 17.1 Å². The molecule has 4 rings (SSSR count). The number of hydrogen-bond donors (Lipinski definition) is 0. The number of hydrogen-bond acceptors (Lipinski definition) is 6. The van der Waals surface area contributed by atoms with Crippen LogP contribution in [0, 0.1) is 0 Å². The van der Waals surface area contributed by atoms with Crippen LogP contribution in [0.4, 0.5) is 0 Å². The molecule has 0 aliphatic carbocycles. The summed E-state index contributed by atoms with van der Waals surface area (Å²) in [7, 11) is 3.23. The lowest BCUT2D eigenvalue weighted by molar-refractivity contribution is 0.0593. The first kappa shape index (κ1) is 16.3. The number of carbonyl (C=O) groups is 1. The number of methoxy groups -OCH3 is 1. The molecule has 7 nitrogen and oxygen atoms in total. The molecule has 3 aromatic heterocycles. The van der Waals surface area contributed by atoms with Gasteiger partial charge in [-0.05, 0) is 23.8 Å². The van der Waals surface area contributed by atoms with Crippen LogP contribution < -0.4 is 4.74 Å². The van der Waals surface area contributed by atoms with Gasteiger partial charge in [0.15, 0.2) is 0 Å². The highest BCUT2D eigenvalue weighted by molar-refractivity contribution is 5.87. The lowest BCUT2D eigenvalue weighted by Crippen LogP contribution is -2.07. The van der Waals surface area contributed by atoms with Gasteiger partial charge in [0.1, 0.15) is 17.1 Å². The molecule has 0 amide bonds. The number of esters is 1. The SMILES string of the molecule is COC(=O)c1cc(Cc2ccc(-c3ccn(C)n3)nc2)c2c(n1)CCO2. The molecule has 0 N–H and O–H groups in total. The van der Waals surface area contributed by atoms with Crippen LogP contribution in [0.15, 0.2) is 36.7 Å². The Kier molecular flexibility index (Phi) is 4.12. The van der Waals surface area contributed by atoms with E-state index in [1.54, 1.807) is 10.7 Å². The Morgan fingerprint density at radius 1 is 1.31 bits per heavy atom. The van der Waals surface area contributed by atoms with Crippen molar-refractivity contribution in [1.82, 2.24) is 19.7 Å². The van der Waals surface area contributed by atoms with Crippen LogP contribution in [0.2, 0.25) is 0 Å². The fourth-order valence-electron chi connectivity index (χ4n) is 3.03. The first-order valence-corrected chi connectivity index (χ1v) is 8.33. The van der Waals surface area contributed by atoms with Crippen molar-refractivity contribution in [3.05, 3.63) is 59.2 Å². The average Bonchev–Trinajstić information content (AvgIpc) is 3.30. The van der Waals surface area contributed by atoms with Gasteiger partial charge in [0.2, 0.25) is 0 Å². The second-order valence-corrected chi connectivity index (χ2v) is 6.14. The van der Waals surface area contributed by atoms with Crippen LogP contribution in [-0.2, 0) is 24.6 Å². The molecule has 0 bridgehead atoms. The van der Waals surface area contributed by atoms with Gasteiger partial charge in [-0.1, -0.05) is 6.07 Å². The Labute approximate surface area is 150 Å². The number of nitrogens with zero attached hydrogens (tertiary/aromatic N) is 4. The van der Waals surface area contributed by atoms with Crippen LogP contribution >= 0.6 is 0 Å². The molecule has 0 atom stereocenters. The normalized spacial score (nSPS) is 12.5. The molecule has 132 valence electrons. The van der Waals surface area contributed by atoms with Crippen LogP contribution in [0.25, 0.3) is 11.4 Å². The summed E-state index contributed by atoms with van der Waals surface area (Å²) in [6.45, 7) is 0.580. The smallest absolute Gasteiger partial charge is 0.356 e. The van der Waals surface area contributed by atoms with Crippen molar-refractivity contribution in [2.75, 3.05) is 13.7 Å². The lowest BCUT2D eigenvalue weighted by atomic mass is 10.0. The highest BCUT2D eigenvalue weighted by atomic mass is 16.5. The number of pyridine rings is 2. The molecule has 1 aliphatic heterocycles. The summed E-state index contributed by atoms with van der Waals surface area (Å²) in [4.78, 5) is 20.7. The first-order valence-electron chi connectivity index (χ1n) is 8.33. The number of carbonyl (C=O) groups excluding carboxylic acids is 1. The van der Waals surface area contributed by atoms with E-state index >= 15 is 0 Å². The second-order valence-electron chi connectivity index (χ2n) is 6.14. The van der Waals surface area contributed by atoms with E-state index in [9.17, 15) is 4.79 Å². The van der Waals surface area contributed by atoms with Crippen molar-refractivity contribution in [2.24, 2.45) is 7.05 Å². The third-order valence-corrected chi connectivity index (χ3v) is 4.30. The maximum absolute atomic E-state index is 11.9. The minimum atomic E-state index is -0.440. The zero-order chi connectivity index (χ0) is 18.1. The quantitative estimate of drug-likeness (QED) is 0.671. The molecule has 7 heteroatoms. The topological polar surface area (TPSA) is 79.1 Å². The van der Waals surface area contributed by atoms with E-state index in [1.807, 2.05) is 37.6 Å². The molecule has 1 aliphatic rings. The average molecular weight is 350 g/mol. The van der Waals surface area contributed by atoms with Gasteiger partial charge in [0.05, 0.1) is 25.1 Å². The van der Waals surface area contributed by atoms with Crippen molar-refractivity contribution in [1.29, 1.82) is 0 Å². The molecule has 0 aromatic carbocycles. The van der Waals surface area contributed by atoms with E-state index in [2.05, 4.69) is 15.1 Å². The van der Waals surface area contributed by atoms with Crippen LogP contribution in [-0.4, -0.2) is 39.4 Å². The molecule has 0 radical (unpaired) electrons. The summed E-state index contributed by atoms with van der Waals surface area (Å²) < 4.78 is 12.3. The van der Waals surface area contributed by atoms with Crippen molar-refractivity contribution in [2.45, 2.75) is 12.8 Å². The highest BCUT2D eigenvalue weighted by Gasteiger charge is 2.22. The number of aromatic nitrogens is 4. The van der Waals surface area contributed by atoms with Gasteiger partial charge in [0, 0.05) is 37.8 Å². The number of rotatable bonds is 4. The van der Waals surface area contributed by atoms with Gasteiger partial charge in [-0.25, -0.2) is 9.78 Å². The Morgan fingerprint density at radius 2 is 2.19 bits per heavy atom. The molecule has 4 heterocycles. The number of fused-ring (bicyclic) bond motifs is 1. The van der Waals surface area contributed by atoms with E-state index in [4.69, 9.17) is 9.47 Å². The first-order chi connectivity index (χ1) is 12.6. The molecular weight excluding hydrogens is 332 g/mol. The molecule has 26 heavy (non-hydrogen) atoms. The Bertz CT molecular complexity index is 963. The maximum Gasteiger partial charge on any atom is 0.356 e. The van der Waals surface area contributed by atoms with E-state index in [-0.39, 0.29) is 0 Å². The standard InChI is InChI=1S/C19H18N4O3/c1-23-7-5-15(22-23)14-4-3-12(11-20-14)9-13-10-17(19(24)25-2)21-16-6-8-26-18(13)16/h3-5,7,10-11H,6,8-9H2,1-2H3. The molecule has 0 fully saturated rings. The molecule has 0 saturated carbocycles. The van der Waals surface area contributed by atoms with Gasteiger partial charge in [-0.15, -0.1) is 0 Å². The summed E-state index contributed by atoms with van der Waals surface area (Å²) in [6.07, 6.45) is 5.01. The van der Waals surface area contributed by atoms with Gasteiger partial charge in [0.25, 0.3) is 0 Å².